The molecule has 1 aliphatic carbocycles. The first kappa shape index (κ1) is 25.6. The number of imidazole rings is 1. The molecular formula is C33H36N8. The topological polar surface area (TPSA) is 87.9 Å². The van der Waals surface area contributed by atoms with Crippen molar-refractivity contribution in [2.45, 2.75) is 64.8 Å². The fourth-order valence-electron chi connectivity index (χ4n) is 6.76. The third-order valence-corrected chi connectivity index (χ3v) is 8.69. The maximum absolute atomic E-state index is 5.13. The summed E-state index contributed by atoms with van der Waals surface area (Å²) in [7, 11) is 0. The highest BCUT2D eigenvalue weighted by molar-refractivity contribution is 6.02. The summed E-state index contributed by atoms with van der Waals surface area (Å²) in [5.41, 5.74) is 8.73. The number of hydrogen-bond donors (Lipinski definition) is 1. The van der Waals surface area contributed by atoms with Crippen molar-refractivity contribution < 1.29 is 0 Å². The summed E-state index contributed by atoms with van der Waals surface area (Å²) in [4.78, 5) is 12.7. The number of rotatable bonds is 7. The van der Waals surface area contributed by atoms with E-state index in [0.29, 0.717) is 11.9 Å². The largest absolute Gasteiger partial charge is 0.352 e. The van der Waals surface area contributed by atoms with E-state index in [1.807, 2.05) is 6.07 Å². The third kappa shape index (κ3) is 4.61. The van der Waals surface area contributed by atoms with Gasteiger partial charge in [0.15, 0.2) is 5.82 Å². The van der Waals surface area contributed by atoms with Gasteiger partial charge >= 0.3 is 0 Å². The zero-order valence-electron chi connectivity index (χ0n) is 23.8. The van der Waals surface area contributed by atoms with Crippen LogP contribution in [-0.2, 0) is 6.42 Å². The lowest BCUT2D eigenvalue weighted by Crippen LogP contribution is -2.39. The van der Waals surface area contributed by atoms with Gasteiger partial charge in [-0.15, -0.1) is 5.10 Å². The van der Waals surface area contributed by atoms with Gasteiger partial charge in [-0.2, -0.15) is 0 Å². The van der Waals surface area contributed by atoms with Crippen LogP contribution in [0, 0.1) is 6.92 Å². The van der Waals surface area contributed by atoms with Gasteiger partial charge in [-0.3, -0.25) is 9.56 Å². The monoisotopic (exact) mass is 544 g/mol. The molecule has 3 heterocycles. The zero-order chi connectivity index (χ0) is 27.8. The van der Waals surface area contributed by atoms with E-state index in [1.54, 1.807) is 0 Å². The van der Waals surface area contributed by atoms with E-state index in [9.17, 15) is 0 Å². The van der Waals surface area contributed by atoms with Gasteiger partial charge < -0.3 is 4.90 Å². The van der Waals surface area contributed by atoms with Gasteiger partial charge in [0.2, 0.25) is 0 Å². The molecule has 0 spiro atoms. The van der Waals surface area contributed by atoms with Crippen molar-refractivity contribution in [2.75, 3.05) is 13.1 Å². The standard InChI is InChI=1S/C33H36N8/c1-3-10-30-35-27-17-15-24(33-34-19-20-40(33)25-13-8-5-9-14-25)21-29(27)41(30)28-18-16-26(23-11-6-4-7-12-23)31(22(28)2)32-36-38-39-37-32/h4,6-7,11-12,15-18,21,25H,3,5,8-10,13-14,19-20H2,1-2H3,(H,36,37,38,39). The van der Waals surface area contributed by atoms with E-state index < -0.39 is 0 Å². The highest BCUT2D eigenvalue weighted by atomic mass is 15.5. The molecule has 1 fully saturated rings. The number of H-pyrrole nitrogens is 1. The number of aliphatic imine (C=N–C) groups is 1. The molecule has 208 valence electrons. The smallest absolute Gasteiger partial charge is 0.180 e. The molecule has 3 aromatic carbocycles. The molecule has 7 rings (SSSR count). The summed E-state index contributed by atoms with van der Waals surface area (Å²) in [6, 6.07) is 22.1. The average molecular weight is 545 g/mol. The second kappa shape index (κ2) is 10.9. The first-order chi connectivity index (χ1) is 20.2. The van der Waals surface area contributed by atoms with E-state index in [-0.39, 0.29) is 0 Å². The number of aromatic amines is 1. The molecule has 2 aromatic heterocycles. The molecular weight excluding hydrogens is 508 g/mol. The summed E-state index contributed by atoms with van der Waals surface area (Å²) in [5, 5.41) is 15.2. The number of aromatic nitrogens is 6. The van der Waals surface area contributed by atoms with E-state index in [4.69, 9.17) is 9.98 Å². The van der Waals surface area contributed by atoms with Gasteiger partial charge in [0, 0.05) is 30.1 Å². The Labute approximate surface area is 240 Å². The third-order valence-electron chi connectivity index (χ3n) is 8.69. The number of hydrogen-bond acceptors (Lipinski definition) is 6. The van der Waals surface area contributed by atoms with Crippen LogP contribution in [0.2, 0.25) is 0 Å². The van der Waals surface area contributed by atoms with Crippen molar-refractivity contribution in [2.24, 2.45) is 4.99 Å². The summed E-state index contributed by atoms with van der Waals surface area (Å²) in [6.07, 6.45) is 8.44. The Morgan fingerprint density at radius 3 is 2.59 bits per heavy atom. The molecule has 5 aromatic rings. The lowest BCUT2D eigenvalue weighted by molar-refractivity contribution is 0.260. The van der Waals surface area contributed by atoms with Gasteiger partial charge in [-0.25, -0.2) is 10.1 Å². The highest BCUT2D eigenvalue weighted by Crippen LogP contribution is 2.37. The minimum atomic E-state index is 0.604. The molecule has 0 saturated heterocycles. The molecule has 1 aliphatic heterocycles. The Morgan fingerprint density at radius 2 is 1.80 bits per heavy atom. The molecule has 1 N–H and O–H groups in total. The van der Waals surface area contributed by atoms with Crippen molar-refractivity contribution in [3.8, 4) is 28.2 Å². The van der Waals surface area contributed by atoms with Crippen LogP contribution in [-0.4, -0.2) is 60.0 Å². The van der Waals surface area contributed by atoms with Crippen LogP contribution in [0.3, 0.4) is 0 Å². The SMILES string of the molecule is CCCc1nc2ccc(C3=NCCN3C3CCCCC3)cc2n1-c1ccc(-c2ccccc2)c(-c2nnn[nH]2)c1C. The number of tetrazole rings is 1. The minimum Gasteiger partial charge on any atom is -0.352 e. The maximum Gasteiger partial charge on any atom is 0.180 e. The van der Waals surface area contributed by atoms with Crippen LogP contribution in [0.4, 0.5) is 0 Å². The lowest BCUT2D eigenvalue weighted by atomic mass is 9.93. The Hall–Kier alpha value is -4.33. The maximum atomic E-state index is 5.13. The first-order valence-corrected chi connectivity index (χ1v) is 15.0. The van der Waals surface area contributed by atoms with Crippen LogP contribution in [0.15, 0.2) is 65.7 Å². The van der Waals surface area contributed by atoms with Crippen molar-refractivity contribution >= 4 is 16.9 Å². The summed E-state index contributed by atoms with van der Waals surface area (Å²) in [6.45, 7) is 6.27. The predicted molar refractivity (Wildman–Crippen MR) is 163 cm³/mol. The zero-order valence-corrected chi connectivity index (χ0v) is 23.8. The fourth-order valence-corrected chi connectivity index (χ4v) is 6.76. The number of amidine groups is 1. The molecule has 0 unspecified atom stereocenters. The van der Waals surface area contributed by atoms with Crippen molar-refractivity contribution in [1.82, 2.24) is 35.1 Å². The Bertz CT molecular complexity index is 1690. The highest BCUT2D eigenvalue weighted by Gasteiger charge is 2.28. The molecule has 0 bridgehead atoms. The molecule has 41 heavy (non-hydrogen) atoms. The molecule has 1 saturated carbocycles. The predicted octanol–water partition coefficient (Wildman–Crippen LogP) is 6.53. The number of aryl methyl sites for hydroxylation is 1. The van der Waals surface area contributed by atoms with E-state index in [1.165, 1.54) is 37.7 Å². The normalized spacial score (nSPS) is 16.0. The summed E-state index contributed by atoms with van der Waals surface area (Å²) >= 11 is 0. The molecule has 8 nitrogen and oxygen atoms in total. The van der Waals surface area contributed by atoms with Crippen molar-refractivity contribution in [3.05, 3.63) is 77.6 Å². The van der Waals surface area contributed by atoms with Gasteiger partial charge in [-0.05, 0) is 77.6 Å². The number of nitrogens with one attached hydrogen (secondary N) is 1. The van der Waals surface area contributed by atoms with Crippen molar-refractivity contribution in [3.63, 3.8) is 0 Å². The minimum absolute atomic E-state index is 0.604. The molecule has 2 aliphatic rings. The summed E-state index contributed by atoms with van der Waals surface area (Å²) in [5.74, 6) is 2.87. The molecule has 0 atom stereocenters. The van der Waals surface area contributed by atoms with E-state index in [2.05, 4.69) is 98.5 Å². The quantitative estimate of drug-likeness (QED) is 0.252. The van der Waals surface area contributed by atoms with Crippen LogP contribution >= 0.6 is 0 Å². The Balaban J connectivity index is 1.39. The van der Waals surface area contributed by atoms with Crippen LogP contribution in [0.5, 0.6) is 0 Å². The fraction of sp³-hybridized carbons (Fsp3) is 0.364. The first-order valence-electron chi connectivity index (χ1n) is 15.0. The van der Waals surface area contributed by atoms with Gasteiger partial charge in [-0.1, -0.05) is 62.6 Å². The van der Waals surface area contributed by atoms with Crippen LogP contribution < -0.4 is 0 Å². The summed E-state index contributed by atoms with van der Waals surface area (Å²) < 4.78 is 2.35. The Morgan fingerprint density at radius 1 is 0.951 bits per heavy atom. The van der Waals surface area contributed by atoms with Gasteiger partial charge in [0.25, 0.3) is 0 Å². The molecule has 0 amide bonds. The van der Waals surface area contributed by atoms with Crippen LogP contribution in [0.25, 0.3) is 39.2 Å². The van der Waals surface area contributed by atoms with E-state index in [0.717, 1.165) is 76.6 Å². The lowest BCUT2D eigenvalue weighted by Gasteiger charge is -2.33. The van der Waals surface area contributed by atoms with Crippen molar-refractivity contribution in [1.29, 1.82) is 0 Å². The van der Waals surface area contributed by atoms with E-state index >= 15 is 0 Å². The second-order valence-corrected chi connectivity index (χ2v) is 11.3. The number of fused-ring (bicyclic) bond motifs is 1. The van der Waals surface area contributed by atoms with Gasteiger partial charge in [0.1, 0.15) is 11.7 Å². The second-order valence-electron chi connectivity index (χ2n) is 11.3. The van der Waals surface area contributed by atoms with Gasteiger partial charge in [0.05, 0.1) is 23.3 Å². The van der Waals surface area contributed by atoms with Crippen LogP contribution in [0.1, 0.15) is 62.4 Å². The Kier molecular flexibility index (Phi) is 6.82. The number of benzene rings is 3. The number of nitrogens with zero attached hydrogens (tertiary/aromatic N) is 7. The average Bonchev–Trinajstić information content (AvgIpc) is 3.78. The molecule has 8 heteroatoms. The molecule has 0 radical (unpaired) electrons.